The number of hydrogen-bond acceptors (Lipinski definition) is 5. The summed E-state index contributed by atoms with van der Waals surface area (Å²) in [5, 5.41) is 14.5. The minimum absolute atomic E-state index is 0.0838. The number of aromatic amines is 1. The van der Waals surface area contributed by atoms with Crippen molar-refractivity contribution < 1.29 is 17.9 Å². The van der Waals surface area contributed by atoms with Crippen LogP contribution in [-0.4, -0.2) is 23.7 Å². The molecule has 1 aromatic heterocycles. The number of aliphatic hydroxyl groups excluding tert-OH is 1. The number of sulfonamides is 1. The number of H-pyrrole nitrogens is 1. The van der Waals surface area contributed by atoms with Gasteiger partial charge < -0.3 is 5.11 Å². The van der Waals surface area contributed by atoms with Gasteiger partial charge in [0.25, 0.3) is 15.6 Å². The third-order valence-electron chi connectivity index (χ3n) is 2.42. The summed E-state index contributed by atoms with van der Waals surface area (Å²) in [7, 11) is -3.99. The van der Waals surface area contributed by atoms with E-state index in [4.69, 9.17) is 5.11 Å². The Morgan fingerprint density at radius 2 is 2.05 bits per heavy atom. The van der Waals surface area contributed by atoms with Gasteiger partial charge in [0.15, 0.2) is 5.82 Å². The molecule has 2 rings (SSSR count). The van der Waals surface area contributed by atoms with Crippen LogP contribution in [0, 0.1) is 5.82 Å². The van der Waals surface area contributed by atoms with E-state index in [1.165, 1.54) is 6.07 Å². The van der Waals surface area contributed by atoms with E-state index in [-0.39, 0.29) is 16.3 Å². The van der Waals surface area contributed by atoms with Crippen molar-refractivity contribution in [3.63, 3.8) is 0 Å². The lowest BCUT2D eigenvalue weighted by Gasteiger charge is -2.08. The number of nitrogens with one attached hydrogen (secondary N) is 2. The SMILES string of the molecule is O=c1ccc(NS(=O)(=O)c2ccc(F)c(CO)c2)n[nH]1. The fraction of sp³-hybridized carbons (Fsp3) is 0.0909. The van der Waals surface area contributed by atoms with Crippen LogP contribution in [0.5, 0.6) is 0 Å². The molecule has 0 spiro atoms. The standard InChI is InChI=1S/C11H10FN3O4S/c12-9-2-1-8(5-7(9)6-16)20(18,19)15-10-3-4-11(17)14-13-10/h1-5,16H,6H2,(H,13,15)(H,14,17). The molecule has 0 fully saturated rings. The Kier molecular flexibility index (Phi) is 3.81. The summed E-state index contributed by atoms with van der Waals surface area (Å²) in [6, 6.07) is 5.31. The maximum Gasteiger partial charge on any atom is 0.264 e. The first kappa shape index (κ1) is 14.2. The molecule has 0 radical (unpaired) electrons. The van der Waals surface area contributed by atoms with E-state index in [0.717, 1.165) is 24.3 Å². The quantitative estimate of drug-likeness (QED) is 0.746. The second-order valence-corrected chi connectivity index (χ2v) is 5.51. The summed E-state index contributed by atoms with van der Waals surface area (Å²) < 4.78 is 39.4. The van der Waals surface area contributed by atoms with Crippen LogP contribution in [0.1, 0.15) is 5.56 Å². The van der Waals surface area contributed by atoms with Gasteiger partial charge >= 0.3 is 0 Å². The predicted octanol–water partition coefficient (Wildman–Crippen LogP) is 0.202. The van der Waals surface area contributed by atoms with Crippen LogP contribution < -0.4 is 10.3 Å². The molecule has 7 nitrogen and oxygen atoms in total. The van der Waals surface area contributed by atoms with Crippen LogP contribution >= 0.6 is 0 Å². The van der Waals surface area contributed by atoms with Crippen molar-refractivity contribution >= 4 is 15.8 Å². The zero-order valence-corrected chi connectivity index (χ0v) is 10.8. The summed E-state index contributed by atoms with van der Waals surface area (Å²) in [4.78, 5) is 10.6. The van der Waals surface area contributed by atoms with Crippen molar-refractivity contribution in [3.8, 4) is 0 Å². The third-order valence-corrected chi connectivity index (χ3v) is 3.77. The third kappa shape index (κ3) is 3.00. The normalized spacial score (nSPS) is 11.3. The van der Waals surface area contributed by atoms with Gasteiger partial charge in [-0.25, -0.2) is 17.9 Å². The maximum absolute atomic E-state index is 13.2. The summed E-state index contributed by atoms with van der Waals surface area (Å²) >= 11 is 0. The largest absolute Gasteiger partial charge is 0.392 e. The molecule has 106 valence electrons. The number of anilines is 1. The zero-order valence-electron chi connectivity index (χ0n) is 10.00. The molecule has 2 aromatic rings. The highest BCUT2D eigenvalue weighted by Crippen LogP contribution is 2.17. The Balaban J connectivity index is 2.35. The molecule has 0 unspecified atom stereocenters. The smallest absolute Gasteiger partial charge is 0.264 e. The molecular weight excluding hydrogens is 289 g/mol. The van der Waals surface area contributed by atoms with Gasteiger partial charge in [-0.1, -0.05) is 0 Å². The van der Waals surface area contributed by atoms with Crippen LogP contribution in [-0.2, 0) is 16.6 Å². The van der Waals surface area contributed by atoms with Gasteiger partial charge in [-0.2, -0.15) is 5.10 Å². The van der Waals surface area contributed by atoms with Crippen molar-refractivity contribution in [2.75, 3.05) is 4.72 Å². The molecule has 0 aliphatic carbocycles. The highest BCUT2D eigenvalue weighted by molar-refractivity contribution is 7.92. The molecule has 0 aliphatic heterocycles. The number of hydrogen-bond donors (Lipinski definition) is 3. The summed E-state index contributed by atoms with van der Waals surface area (Å²) in [5.41, 5.74) is -0.611. The Hall–Kier alpha value is -2.26. The summed E-state index contributed by atoms with van der Waals surface area (Å²) in [6.45, 7) is -0.619. The monoisotopic (exact) mass is 299 g/mol. The number of halogens is 1. The van der Waals surface area contributed by atoms with E-state index < -0.39 is 28.0 Å². The minimum Gasteiger partial charge on any atom is -0.392 e. The first-order valence-electron chi connectivity index (χ1n) is 5.40. The molecule has 0 amide bonds. The van der Waals surface area contributed by atoms with Crippen molar-refractivity contribution in [2.24, 2.45) is 0 Å². The van der Waals surface area contributed by atoms with Gasteiger partial charge in [0.1, 0.15) is 5.82 Å². The lowest BCUT2D eigenvalue weighted by molar-refractivity contribution is 0.275. The van der Waals surface area contributed by atoms with Gasteiger partial charge in [0, 0.05) is 11.6 Å². The zero-order chi connectivity index (χ0) is 14.8. The molecule has 0 saturated heterocycles. The number of nitrogens with zero attached hydrogens (tertiary/aromatic N) is 1. The van der Waals surface area contributed by atoms with E-state index >= 15 is 0 Å². The first-order valence-corrected chi connectivity index (χ1v) is 6.88. The molecular formula is C11H10FN3O4S. The van der Waals surface area contributed by atoms with E-state index in [0.29, 0.717) is 0 Å². The van der Waals surface area contributed by atoms with Gasteiger partial charge in [-0.3, -0.25) is 9.52 Å². The number of benzene rings is 1. The molecule has 3 N–H and O–H groups in total. The van der Waals surface area contributed by atoms with Gasteiger partial charge in [0.05, 0.1) is 11.5 Å². The van der Waals surface area contributed by atoms with Crippen molar-refractivity contribution in [1.29, 1.82) is 0 Å². The average Bonchev–Trinajstić information content (AvgIpc) is 2.41. The molecule has 0 saturated carbocycles. The molecule has 0 atom stereocenters. The molecule has 0 aliphatic rings. The Labute approximate surface area is 113 Å². The first-order chi connectivity index (χ1) is 9.42. The number of aromatic nitrogens is 2. The minimum atomic E-state index is -3.99. The predicted molar refractivity (Wildman–Crippen MR) is 68.0 cm³/mol. The van der Waals surface area contributed by atoms with E-state index in [2.05, 4.69) is 14.9 Å². The molecule has 20 heavy (non-hydrogen) atoms. The van der Waals surface area contributed by atoms with Crippen LogP contribution in [0.4, 0.5) is 10.2 Å². The lowest BCUT2D eigenvalue weighted by atomic mass is 10.2. The van der Waals surface area contributed by atoms with Crippen molar-refractivity contribution in [3.05, 3.63) is 52.1 Å². The van der Waals surface area contributed by atoms with Crippen LogP contribution in [0.25, 0.3) is 0 Å². The fourth-order valence-corrected chi connectivity index (χ4v) is 2.49. The summed E-state index contributed by atoms with van der Waals surface area (Å²) in [6.07, 6.45) is 0. The van der Waals surface area contributed by atoms with Crippen molar-refractivity contribution in [1.82, 2.24) is 10.2 Å². The molecule has 9 heteroatoms. The van der Waals surface area contributed by atoms with Crippen molar-refractivity contribution in [2.45, 2.75) is 11.5 Å². The second-order valence-electron chi connectivity index (χ2n) is 3.82. The van der Waals surface area contributed by atoms with Gasteiger partial charge in [-0.05, 0) is 24.3 Å². The maximum atomic E-state index is 13.2. The Morgan fingerprint density at radius 1 is 1.30 bits per heavy atom. The average molecular weight is 299 g/mol. The van der Waals surface area contributed by atoms with Crippen LogP contribution in [0.2, 0.25) is 0 Å². The fourth-order valence-electron chi connectivity index (χ4n) is 1.44. The number of aliphatic hydroxyl groups is 1. The Bertz CT molecular complexity index is 768. The highest BCUT2D eigenvalue weighted by Gasteiger charge is 2.17. The van der Waals surface area contributed by atoms with E-state index in [1.807, 2.05) is 0 Å². The second kappa shape index (κ2) is 5.39. The van der Waals surface area contributed by atoms with Gasteiger partial charge in [0.2, 0.25) is 0 Å². The molecule has 1 aromatic carbocycles. The van der Waals surface area contributed by atoms with Crippen LogP contribution in [0.15, 0.2) is 40.0 Å². The Morgan fingerprint density at radius 3 is 2.65 bits per heavy atom. The number of rotatable bonds is 4. The van der Waals surface area contributed by atoms with E-state index in [1.54, 1.807) is 0 Å². The van der Waals surface area contributed by atoms with E-state index in [9.17, 15) is 17.6 Å². The van der Waals surface area contributed by atoms with Crippen LogP contribution in [0.3, 0.4) is 0 Å². The van der Waals surface area contributed by atoms with Gasteiger partial charge in [-0.15, -0.1) is 0 Å². The highest BCUT2D eigenvalue weighted by atomic mass is 32.2. The summed E-state index contributed by atoms with van der Waals surface area (Å²) in [5.74, 6) is -0.784. The molecule has 1 heterocycles. The molecule has 0 bridgehead atoms. The lowest BCUT2D eigenvalue weighted by Crippen LogP contribution is -2.16. The topological polar surface area (TPSA) is 112 Å².